The zero-order chi connectivity index (χ0) is 11.4. The van der Waals surface area contributed by atoms with Crippen LogP contribution in [0.3, 0.4) is 0 Å². The molecule has 0 spiro atoms. The predicted octanol–water partition coefficient (Wildman–Crippen LogP) is 2.14. The zero-order valence-electron chi connectivity index (χ0n) is 8.74. The molecule has 0 saturated heterocycles. The third-order valence-electron chi connectivity index (χ3n) is 1.77. The van der Waals surface area contributed by atoms with Gasteiger partial charge in [0.25, 0.3) is 0 Å². The van der Waals surface area contributed by atoms with E-state index in [1.54, 1.807) is 19.1 Å². The number of nitrogens with two attached hydrogens (primary N) is 1. The number of benzene rings is 1. The molecular weight excluding hydrogens is 251 g/mol. The van der Waals surface area contributed by atoms with Crippen LogP contribution in [0.2, 0.25) is 5.02 Å². The number of anilines is 1. The lowest BCUT2D eigenvalue weighted by atomic mass is 10.2. The van der Waals surface area contributed by atoms with Gasteiger partial charge in [0.15, 0.2) is 5.75 Å². The van der Waals surface area contributed by atoms with E-state index in [1.807, 2.05) is 0 Å². The molecule has 0 aliphatic carbocycles. The number of aromatic hydroxyl groups is 1. The minimum absolute atomic E-state index is 0. The van der Waals surface area contributed by atoms with Crippen LogP contribution >= 0.6 is 24.0 Å². The first-order valence-corrected chi connectivity index (χ1v) is 4.91. The molecule has 1 aromatic carbocycles. The van der Waals surface area contributed by atoms with Gasteiger partial charge in [-0.25, -0.2) is 0 Å². The van der Waals surface area contributed by atoms with E-state index in [0.717, 1.165) is 0 Å². The summed E-state index contributed by atoms with van der Waals surface area (Å²) in [6.07, 6.45) is 0.200. The standard InChI is InChI=1S/C10H13ClN2O2.ClH/c1-6(12)5-9(14)13-8-4-2-3-7(11)10(8)15;/h2-4,6,15H,5,12H2,1H3,(H,13,14);1H. The van der Waals surface area contributed by atoms with Crippen molar-refractivity contribution in [3.05, 3.63) is 23.2 Å². The third-order valence-corrected chi connectivity index (χ3v) is 2.07. The van der Waals surface area contributed by atoms with Crippen LogP contribution in [0.1, 0.15) is 13.3 Å². The molecule has 0 aromatic heterocycles. The summed E-state index contributed by atoms with van der Waals surface area (Å²) in [5, 5.41) is 12.2. The fourth-order valence-corrected chi connectivity index (χ4v) is 1.28. The summed E-state index contributed by atoms with van der Waals surface area (Å²) in [5.74, 6) is -0.375. The molecule has 1 rings (SSSR count). The van der Waals surface area contributed by atoms with Crippen LogP contribution in [0, 0.1) is 0 Å². The van der Waals surface area contributed by atoms with Crippen molar-refractivity contribution in [3.8, 4) is 5.75 Å². The summed E-state index contributed by atoms with van der Waals surface area (Å²) in [6, 6.07) is 4.54. The van der Waals surface area contributed by atoms with Crippen molar-refractivity contribution in [1.29, 1.82) is 0 Å². The number of phenolic OH excluding ortho intramolecular Hbond substituents is 1. The molecule has 0 fully saturated rings. The Morgan fingerprint density at radius 2 is 2.25 bits per heavy atom. The molecule has 1 aromatic rings. The Labute approximate surface area is 105 Å². The summed E-state index contributed by atoms with van der Waals surface area (Å²) in [5.41, 5.74) is 5.76. The van der Waals surface area contributed by atoms with E-state index in [-0.39, 0.29) is 41.5 Å². The van der Waals surface area contributed by atoms with Gasteiger partial charge >= 0.3 is 0 Å². The molecule has 90 valence electrons. The molecule has 4 N–H and O–H groups in total. The molecule has 16 heavy (non-hydrogen) atoms. The minimum Gasteiger partial charge on any atom is -0.504 e. The normalized spacial score (nSPS) is 11.4. The fourth-order valence-electron chi connectivity index (χ4n) is 1.11. The monoisotopic (exact) mass is 264 g/mol. The number of carbonyl (C=O) groups excluding carboxylic acids is 1. The maximum Gasteiger partial charge on any atom is 0.226 e. The Balaban J connectivity index is 0.00000225. The van der Waals surface area contributed by atoms with Crippen LogP contribution in [-0.2, 0) is 4.79 Å². The van der Waals surface area contributed by atoms with E-state index in [9.17, 15) is 9.90 Å². The molecule has 1 atom stereocenters. The average molecular weight is 265 g/mol. The van der Waals surface area contributed by atoms with Crippen molar-refractivity contribution in [2.24, 2.45) is 5.73 Å². The summed E-state index contributed by atoms with van der Waals surface area (Å²) in [7, 11) is 0. The number of hydrogen-bond donors (Lipinski definition) is 3. The van der Waals surface area contributed by atoms with Gasteiger partial charge in [-0.05, 0) is 19.1 Å². The lowest BCUT2D eigenvalue weighted by Gasteiger charge is -2.09. The molecule has 0 aliphatic heterocycles. The number of carbonyl (C=O) groups is 1. The van der Waals surface area contributed by atoms with Crippen molar-refractivity contribution in [2.45, 2.75) is 19.4 Å². The molecule has 0 saturated carbocycles. The Hall–Kier alpha value is -0.970. The van der Waals surface area contributed by atoms with Gasteiger partial charge in [-0.15, -0.1) is 12.4 Å². The van der Waals surface area contributed by atoms with Gasteiger partial charge in [-0.1, -0.05) is 17.7 Å². The van der Waals surface area contributed by atoms with E-state index in [4.69, 9.17) is 17.3 Å². The second kappa shape index (κ2) is 6.58. The maximum atomic E-state index is 11.3. The third kappa shape index (κ3) is 4.26. The number of hydrogen-bond acceptors (Lipinski definition) is 3. The topological polar surface area (TPSA) is 75.4 Å². The highest BCUT2D eigenvalue weighted by atomic mass is 35.5. The van der Waals surface area contributed by atoms with E-state index in [1.165, 1.54) is 6.07 Å². The lowest BCUT2D eigenvalue weighted by molar-refractivity contribution is -0.116. The Kier molecular flexibility index (Phi) is 6.18. The van der Waals surface area contributed by atoms with Gasteiger partial charge in [0, 0.05) is 12.5 Å². The SMILES string of the molecule is CC(N)CC(=O)Nc1cccc(Cl)c1O.Cl. The summed E-state index contributed by atoms with van der Waals surface area (Å²) in [6.45, 7) is 1.73. The zero-order valence-corrected chi connectivity index (χ0v) is 10.3. The number of amides is 1. The summed E-state index contributed by atoms with van der Waals surface area (Å²) < 4.78 is 0. The summed E-state index contributed by atoms with van der Waals surface area (Å²) >= 11 is 5.68. The highest BCUT2D eigenvalue weighted by Gasteiger charge is 2.09. The highest BCUT2D eigenvalue weighted by Crippen LogP contribution is 2.31. The van der Waals surface area contributed by atoms with E-state index < -0.39 is 0 Å². The first-order chi connectivity index (χ1) is 7.00. The van der Waals surface area contributed by atoms with E-state index >= 15 is 0 Å². The number of para-hydroxylation sites is 1. The largest absolute Gasteiger partial charge is 0.504 e. The molecule has 0 heterocycles. The van der Waals surface area contributed by atoms with Gasteiger partial charge in [-0.2, -0.15) is 0 Å². The average Bonchev–Trinajstić information content (AvgIpc) is 2.11. The van der Waals surface area contributed by atoms with Gasteiger partial charge in [0.05, 0.1) is 10.7 Å². The smallest absolute Gasteiger partial charge is 0.226 e. The highest BCUT2D eigenvalue weighted by molar-refractivity contribution is 6.32. The van der Waals surface area contributed by atoms with Gasteiger partial charge in [0.2, 0.25) is 5.91 Å². The fraction of sp³-hybridized carbons (Fsp3) is 0.300. The van der Waals surface area contributed by atoms with Gasteiger partial charge in [-0.3, -0.25) is 4.79 Å². The number of halogens is 2. The van der Waals surface area contributed by atoms with Crippen molar-refractivity contribution in [2.75, 3.05) is 5.32 Å². The first-order valence-electron chi connectivity index (χ1n) is 4.53. The van der Waals surface area contributed by atoms with Gasteiger partial charge in [0.1, 0.15) is 0 Å². The molecule has 4 nitrogen and oxygen atoms in total. The second-order valence-corrected chi connectivity index (χ2v) is 3.77. The van der Waals surface area contributed by atoms with Crippen LogP contribution in [0.25, 0.3) is 0 Å². The predicted molar refractivity (Wildman–Crippen MR) is 67.3 cm³/mol. The van der Waals surface area contributed by atoms with Crippen molar-refractivity contribution >= 4 is 35.6 Å². The van der Waals surface area contributed by atoms with Crippen LogP contribution < -0.4 is 11.1 Å². The molecule has 0 bridgehead atoms. The quantitative estimate of drug-likeness (QED) is 0.733. The molecule has 0 radical (unpaired) electrons. The van der Waals surface area contributed by atoms with Crippen molar-refractivity contribution in [3.63, 3.8) is 0 Å². The number of phenols is 1. The van der Waals surface area contributed by atoms with Crippen LogP contribution in [-0.4, -0.2) is 17.1 Å². The van der Waals surface area contributed by atoms with Crippen LogP contribution in [0.5, 0.6) is 5.75 Å². The number of nitrogens with one attached hydrogen (secondary N) is 1. The first kappa shape index (κ1) is 15.0. The number of rotatable bonds is 3. The molecular formula is C10H14Cl2N2O2. The van der Waals surface area contributed by atoms with E-state index in [0.29, 0.717) is 5.69 Å². The maximum absolute atomic E-state index is 11.3. The van der Waals surface area contributed by atoms with Crippen molar-refractivity contribution < 1.29 is 9.90 Å². The Morgan fingerprint density at radius 3 is 2.81 bits per heavy atom. The lowest BCUT2D eigenvalue weighted by Crippen LogP contribution is -2.23. The van der Waals surface area contributed by atoms with E-state index in [2.05, 4.69) is 5.32 Å². The molecule has 6 heteroatoms. The van der Waals surface area contributed by atoms with Crippen molar-refractivity contribution in [1.82, 2.24) is 0 Å². The molecule has 1 unspecified atom stereocenters. The molecule has 1 amide bonds. The minimum atomic E-state index is -0.248. The van der Waals surface area contributed by atoms with Crippen LogP contribution in [0.15, 0.2) is 18.2 Å². The second-order valence-electron chi connectivity index (χ2n) is 3.37. The Bertz CT molecular complexity index is 370. The van der Waals surface area contributed by atoms with Gasteiger partial charge < -0.3 is 16.2 Å². The molecule has 0 aliphatic rings. The summed E-state index contributed by atoms with van der Waals surface area (Å²) in [4.78, 5) is 11.3. The van der Waals surface area contributed by atoms with Crippen LogP contribution in [0.4, 0.5) is 5.69 Å². The Morgan fingerprint density at radius 1 is 1.62 bits per heavy atom.